The zero-order chi connectivity index (χ0) is 10.4. The molecule has 1 aromatic rings. The van der Waals surface area contributed by atoms with Gasteiger partial charge in [-0.2, -0.15) is 5.26 Å². The average molecular weight is 189 g/mol. The number of hydrogen-bond donors (Lipinski definition) is 0. The molecule has 1 aromatic carbocycles. The first-order valence-electron chi connectivity index (χ1n) is 4.89. The van der Waals surface area contributed by atoms with Crippen molar-refractivity contribution in [2.24, 2.45) is 0 Å². The summed E-state index contributed by atoms with van der Waals surface area (Å²) in [7, 11) is 1.60. The van der Waals surface area contributed by atoms with E-state index in [9.17, 15) is 0 Å². The first-order chi connectivity index (χ1) is 6.83. The maximum absolute atomic E-state index is 9.00. The largest absolute Gasteiger partial charge is 0.495 e. The maximum atomic E-state index is 9.00. The molecule has 0 saturated carbocycles. The molecule has 0 heterocycles. The summed E-state index contributed by atoms with van der Waals surface area (Å²) in [5.41, 5.74) is 1.78. The summed E-state index contributed by atoms with van der Waals surface area (Å²) in [6, 6.07) is 7.96. The molecule has 0 radical (unpaired) electrons. The highest BCUT2D eigenvalue weighted by Crippen LogP contribution is 2.22. The number of nitrogens with zero attached hydrogens (tertiary/aromatic N) is 1. The summed E-state index contributed by atoms with van der Waals surface area (Å²) < 4.78 is 5.13. The topological polar surface area (TPSA) is 33.0 Å². The van der Waals surface area contributed by atoms with Crippen LogP contribution in [-0.2, 0) is 6.42 Å². The Morgan fingerprint density at radius 1 is 1.43 bits per heavy atom. The van der Waals surface area contributed by atoms with Gasteiger partial charge in [-0.3, -0.25) is 0 Å². The van der Waals surface area contributed by atoms with Crippen molar-refractivity contribution in [3.8, 4) is 11.8 Å². The van der Waals surface area contributed by atoms with Gasteiger partial charge in [0.1, 0.15) is 11.8 Å². The minimum absolute atomic E-state index is 0.682. The van der Waals surface area contributed by atoms with Crippen LogP contribution in [0.5, 0.6) is 5.75 Å². The van der Waals surface area contributed by atoms with Gasteiger partial charge < -0.3 is 4.74 Å². The summed E-state index contributed by atoms with van der Waals surface area (Å²) in [6.45, 7) is 2.15. The number of ether oxygens (including phenoxy) is 1. The van der Waals surface area contributed by atoms with E-state index in [4.69, 9.17) is 10.00 Å². The molecule has 0 spiro atoms. The predicted molar refractivity (Wildman–Crippen MR) is 56.3 cm³/mol. The summed E-state index contributed by atoms with van der Waals surface area (Å²) in [5.74, 6) is 0.682. The number of nitriles is 1. The molecule has 0 fully saturated rings. The van der Waals surface area contributed by atoms with Gasteiger partial charge in [0, 0.05) is 0 Å². The molecule has 74 valence electrons. The number of benzene rings is 1. The Balaban J connectivity index is 2.98. The van der Waals surface area contributed by atoms with Gasteiger partial charge in [-0.1, -0.05) is 25.5 Å². The Morgan fingerprint density at radius 3 is 2.79 bits per heavy atom. The molecule has 2 heteroatoms. The lowest BCUT2D eigenvalue weighted by molar-refractivity contribution is 0.413. The highest BCUT2D eigenvalue weighted by molar-refractivity contribution is 5.48. The highest BCUT2D eigenvalue weighted by Gasteiger charge is 2.06. The molecule has 0 aliphatic carbocycles. The van der Waals surface area contributed by atoms with E-state index in [2.05, 4.69) is 13.0 Å². The lowest BCUT2D eigenvalue weighted by Crippen LogP contribution is -1.94. The van der Waals surface area contributed by atoms with Gasteiger partial charge in [-0.25, -0.2) is 0 Å². The van der Waals surface area contributed by atoms with Crippen LogP contribution in [0.3, 0.4) is 0 Å². The molecule has 0 unspecified atom stereocenters. The van der Waals surface area contributed by atoms with E-state index in [0.717, 1.165) is 24.8 Å². The first-order valence-corrected chi connectivity index (χ1v) is 4.89. The van der Waals surface area contributed by atoms with Crippen LogP contribution in [0, 0.1) is 11.3 Å². The minimum atomic E-state index is 0.682. The molecular formula is C12H15NO. The molecule has 0 saturated heterocycles. The monoisotopic (exact) mass is 189 g/mol. The second kappa shape index (κ2) is 5.29. The second-order valence-corrected chi connectivity index (χ2v) is 3.21. The Bertz CT molecular complexity index is 339. The molecule has 0 N–H and O–H groups in total. The van der Waals surface area contributed by atoms with Crippen LogP contribution in [-0.4, -0.2) is 7.11 Å². The van der Waals surface area contributed by atoms with Crippen molar-refractivity contribution in [3.05, 3.63) is 29.3 Å². The molecular weight excluding hydrogens is 174 g/mol. The van der Waals surface area contributed by atoms with Gasteiger partial charge in [0.2, 0.25) is 0 Å². The average Bonchev–Trinajstić information content (AvgIpc) is 2.25. The number of hydrogen-bond acceptors (Lipinski definition) is 2. The van der Waals surface area contributed by atoms with Gasteiger partial charge >= 0.3 is 0 Å². The SMILES string of the molecule is CCCCc1cccc(OC)c1C#N. The Labute approximate surface area is 85.1 Å². The molecule has 0 aromatic heterocycles. The van der Waals surface area contributed by atoms with Crippen LogP contribution >= 0.6 is 0 Å². The van der Waals surface area contributed by atoms with E-state index in [-0.39, 0.29) is 0 Å². The van der Waals surface area contributed by atoms with E-state index in [1.165, 1.54) is 0 Å². The quantitative estimate of drug-likeness (QED) is 0.729. The zero-order valence-electron chi connectivity index (χ0n) is 8.71. The van der Waals surface area contributed by atoms with Crippen LogP contribution in [0.25, 0.3) is 0 Å². The highest BCUT2D eigenvalue weighted by atomic mass is 16.5. The third-order valence-electron chi connectivity index (χ3n) is 2.24. The van der Waals surface area contributed by atoms with E-state index in [1.54, 1.807) is 7.11 Å². The number of aryl methyl sites for hydroxylation is 1. The van der Waals surface area contributed by atoms with Crippen LogP contribution < -0.4 is 4.74 Å². The number of rotatable bonds is 4. The summed E-state index contributed by atoms with van der Waals surface area (Å²) >= 11 is 0. The second-order valence-electron chi connectivity index (χ2n) is 3.21. The first kappa shape index (κ1) is 10.6. The molecule has 1 rings (SSSR count). The van der Waals surface area contributed by atoms with Crippen molar-refractivity contribution in [2.75, 3.05) is 7.11 Å². The van der Waals surface area contributed by atoms with Gasteiger partial charge in [0.15, 0.2) is 0 Å². The molecule has 2 nitrogen and oxygen atoms in total. The van der Waals surface area contributed by atoms with Crippen LogP contribution in [0.4, 0.5) is 0 Å². The van der Waals surface area contributed by atoms with Crippen molar-refractivity contribution < 1.29 is 4.74 Å². The van der Waals surface area contributed by atoms with Gasteiger partial charge in [-0.05, 0) is 24.5 Å². The Morgan fingerprint density at radius 2 is 2.21 bits per heavy atom. The predicted octanol–water partition coefficient (Wildman–Crippen LogP) is 2.91. The Kier molecular flexibility index (Phi) is 4.00. The minimum Gasteiger partial charge on any atom is -0.495 e. The molecule has 0 atom stereocenters. The van der Waals surface area contributed by atoms with Gasteiger partial charge in [0.05, 0.1) is 12.7 Å². The lowest BCUT2D eigenvalue weighted by atomic mass is 10.0. The third kappa shape index (κ3) is 2.26. The van der Waals surface area contributed by atoms with Crippen molar-refractivity contribution in [1.82, 2.24) is 0 Å². The fourth-order valence-corrected chi connectivity index (χ4v) is 1.45. The lowest BCUT2D eigenvalue weighted by Gasteiger charge is -2.07. The van der Waals surface area contributed by atoms with E-state index >= 15 is 0 Å². The summed E-state index contributed by atoms with van der Waals surface area (Å²) in [4.78, 5) is 0. The molecule has 0 aliphatic rings. The van der Waals surface area contributed by atoms with E-state index in [0.29, 0.717) is 11.3 Å². The molecule has 0 aliphatic heterocycles. The fourth-order valence-electron chi connectivity index (χ4n) is 1.45. The molecule has 0 amide bonds. The normalized spacial score (nSPS) is 9.50. The van der Waals surface area contributed by atoms with Gasteiger partial charge in [0.25, 0.3) is 0 Å². The fraction of sp³-hybridized carbons (Fsp3) is 0.417. The van der Waals surface area contributed by atoms with E-state index < -0.39 is 0 Å². The molecule has 14 heavy (non-hydrogen) atoms. The molecule has 0 bridgehead atoms. The van der Waals surface area contributed by atoms with Crippen molar-refractivity contribution in [1.29, 1.82) is 5.26 Å². The zero-order valence-corrected chi connectivity index (χ0v) is 8.71. The number of methoxy groups -OCH3 is 1. The van der Waals surface area contributed by atoms with Crippen LogP contribution in [0.15, 0.2) is 18.2 Å². The summed E-state index contributed by atoms with van der Waals surface area (Å²) in [6.07, 6.45) is 3.21. The maximum Gasteiger partial charge on any atom is 0.136 e. The van der Waals surface area contributed by atoms with E-state index in [1.807, 2.05) is 18.2 Å². The van der Waals surface area contributed by atoms with Crippen molar-refractivity contribution in [3.63, 3.8) is 0 Å². The van der Waals surface area contributed by atoms with Crippen molar-refractivity contribution in [2.45, 2.75) is 26.2 Å². The third-order valence-corrected chi connectivity index (χ3v) is 2.24. The van der Waals surface area contributed by atoms with Crippen LogP contribution in [0.1, 0.15) is 30.9 Å². The summed E-state index contributed by atoms with van der Waals surface area (Å²) in [5, 5.41) is 9.00. The van der Waals surface area contributed by atoms with Crippen molar-refractivity contribution >= 4 is 0 Å². The standard InChI is InChI=1S/C12H15NO/c1-3-4-6-10-7-5-8-12(14-2)11(10)9-13/h5,7-8H,3-4,6H2,1-2H3. The van der Waals surface area contributed by atoms with Gasteiger partial charge in [-0.15, -0.1) is 0 Å². The Hall–Kier alpha value is -1.49. The smallest absolute Gasteiger partial charge is 0.136 e. The number of unbranched alkanes of at least 4 members (excludes halogenated alkanes) is 1. The van der Waals surface area contributed by atoms with Crippen LogP contribution in [0.2, 0.25) is 0 Å².